The van der Waals surface area contributed by atoms with E-state index in [-0.39, 0.29) is 11.6 Å². The van der Waals surface area contributed by atoms with Gasteiger partial charge in [-0.3, -0.25) is 9.59 Å². The van der Waals surface area contributed by atoms with Gasteiger partial charge in [0.1, 0.15) is 13.6 Å². The van der Waals surface area contributed by atoms with Gasteiger partial charge in [-0.25, -0.2) is 8.42 Å². The van der Waals surface area contributed by atoms with Crippen LogP contribution in [-0.2, 0) is 23.7 Å². The van der Waals surface area contributed by atoms with Crippen LogP contribution in [0.4, 0.5) is 13.2 Å². The molecule has 0 N–H and O–H groups in total. The predicted molar refractivity (Wildman–Crippen MR) is 106 cm³/mol. The van der Waals surface area contributed by atoms with Gasteiger partial charge >= 0.3 is 5.51 Å². The molecule has 8 nitrogen and oxygen atoms in total. The summed E-state index contributed by atoms with van der Waals surface area (Å²) < 4.78 is 62.2. The van der Waals surface area contributed by atoms with Crippen molar-refractivity contribution in [2.75, 3.05) is 0 Å². The number of benzene rings is 1. The molecule has 1 aromatic heterocycles. The fourth-order valence-electron chi connectivity index (χ4n) is 3.34. The van der Waals surface area contributed by atoms with Crippen molar-refractivity contribution in [3.8, 4) is 0 Å². The molecule has 0 unspecified atom stereocenters. The zero-order valence-electron chi connectivity index (χ0n) is 17.7. The van der Waals surface area contributed by atoms with Gasteiger partial charge in [0.2, 0.25) is 23.0 Å². The molecule has 12 heteroatoms. The normalized spacial score (nSPS) is 13.3. The highest BCUT2D eigenvalue weighted by atomic mass is 32.2. The van der Waals surface area contributed by atoms with Crippen LogP contribution in [0.5, 0.6) is 0 Å². The molecule has 0 aliphatic heterocycles. The van der Waals surface area contributed by atoms with Crippen molar-refractivity contribution < 1.29 is 40.4 Å². The lowest BCUT2D eigenvalue weighted by Crippen LogP contribution is -2.39. The van der Waals surface area contributed by atoms with Gasteiger partial charge in [-0.05, 0) is 12.8 Å². The third-order valence-electron chi connectivity index (χ3n) is 4.90. The minimum Gasteiger partial charge on any atom is -0.741 e. The molecule has 0 bridgehead atoms. The summed E-state index contributed by atoms with van der Waals surface area (Å²) in [7, 11) is -4.36. The molecule has 0 fully saturated rings. The third-order valence-corrected chi connectivity index (χ3v) is 5.47. The number of hydrogen-bond donors (Lipinski definition) is 0. The van der Waals surface area contributed by atoms with Crippen LogP contribution in [0.2, 0.25) is 0 Å². The SMILES string of the molecule is CCCCCCCCn1n[n+](C)c2c1C(=O)c1ccccc1C2=O.O=S(=O)([O-])C(F)(F)F. The summed E-state index contributed by atoms with van der Waals surface area (Å²) in [6.07, 6.45) is 7.07. The molecular weight excluding hydrogens is 451 g/mol. The number of nitrogens with zero attached hydrogens (tertiary/aromatic N) is 3. The molecule has 1 aromatic carbocycles. The molecule has 0 saturated carbocycles. The number of ketones is 2. The number of alkyl halides is 3. The number of hydrogen-bond acceptors (Lipinski definition) is 6. The topological polar surface area (TPSA) is 113 Å². The van der Waals surface area contributed by atoms with E-state index in [1.165, 1.54) is 25.7 Å². The van der Waals surface area contributed by atoms with Gasteiger partial charge in [0, 0.05) is 11.1 Å². The van der Waals surface area contributed by atoms with Gasteiger partial charge in [-0.1, -0.05) is 56.9 Å². The molecule has 0 amide bonds. The van der Waals surface area contributed by atoms with E-state index in [2.05, 4.69) is 12.1 Å². The van der Waals surface area contributed by atoms with E-state index in [1.54, 1.807) is 40.7 Å². The summed E-state index contributed by atoms with van der Waals surface area (Å²) in [6, 6.07) is 7.02. The summed E-state index contributed by atoms with van der Waals surface area (Å²) >= 11 is 0. The Balaban J connectivity index is 0.000000390. The second kappa shape index (κ2) is 10.3. The van der Waals surface area contributed by atoms with Crippen LogP contribution in [0.3, 0.4) is 0 Å². The van der Waals surface area contributed by atoms with Crippen LogP contribution in [0, 0.1) is 0 Å². The maximum absolute atomic E-state index is 12.8. The molecule has 3 rings (SSSR count). The molecular formula is C20H24F3N3O5S. The van der Waals surface area contributed by atoms with Crippen molar-refractivity contribution in [3.63, 3.8) is 0 Å². The molecule has 0 atom stereocenters. The first-order chi connectivity index (χ1) is 14.9. The highest BCUT2D eigenvalue weighted by Crippen LogP contribution is 2.25. The van der Waals surface area contributed by atoms with Gasteiger partial charge in [0.05, 0.1) is 5.21 Å². The summed E-state index contributed by atoms with van der Waals surface area (Å²) in [5.74, 6) is -0.212. The van der Waals surface area contributed by atoms with Crippen molar-refractivity contribution in [2.24, 2.45) is 7.05 Å². The molecule has 0 spiro atoms. The number of fused-ring (bicyclic) bond motifs is 2. The summed E-state index contributed by atoms with van der Waals surface area (Å²) in [5, 5.41) is 4.40. The Morgan fingerprint density at radius 3 is 2.03 bits per heavy atom. The van der Waals surface area contributed by atoms with E-state index in [0.29, 0.717) is 29.1 Å². The summed E-state index contributed by atoms with van der Waals surface area (Å²) in [6.45, 7) is 2.88. The van der Waals surface area contributed by atoms with Crippen molar-refractivity contribution in [1.29, 1.82) is 0 Å². The quantitative estimate of drug-likeness (QED) is 0.225. The van der Waals surface area contributed by atoms with Crippen molar-refractivity contribution in [1.82, 2.24) is 9.90 Å². The van der Waals surface area contributed by atoms with Gasteiger partial charge in [0.25, 0.3) is 0 Å². The second-order valence-electron chi connectivity index (χ2n) is 7.30. The van der Waals surface area contributed by atoms with Crippen molar-refractivity contribution in [3.05, 3.63) is 46.8 Å². The first-order valence-corrected chi connectivity index (χ1v) is 11.5. The number of carbonyl (C=O) groups excluding carboxylic acids is 2. The molecule has 1 aliphatic rings. The summed E-state index contributed by atoms with van der Waals surface area (Å²) in [5.41, 5.74) is -3.84. The Kier molecular flexibility index (Phi) is 8.29. The zero-order chi connectivity index (χ0) is 24.1. The Hall–Kier alpha value is -2.60. The number of rotatable bonds is 7. The van der Waals surface area contributed by atoms with Crippen LogP contribution in [0.15, 0.2) is 24.3 Å². The number of aryl methyl sites for hydroxylation is 2. The molecule has 32 heavy (non-hydrogen) atoms. The first-order valence-electron chi connectivity index (χ1n) is 10.1. The monoisotopic (exact) mass is 475 g/mol. The van der Waals surface area contributed by atoms with E-state index < -0.39 is 15.6 Å². The predicted octanol–water partition coefficient (Wildman–Crippen LogP) is 2.89. The molecule has 1 heterocycles. The Morgan fingerprint density at radius 1 is 1.00 bits per heavy atom. The van der Waals surface area contributed by atoms with E-state index in [4.69, 9.17) is 13.0 Å². The largest absolute Gasteiger partial charge is 0.741 e. The van der Waals surface area contributed by atoms with Crippen molar-refractivity contribution in [2.45, 2.75) is 57.5 Å². The van der Waals surface area contributed by atoms with Gasteiger partial charge in [-0.15, -0.1) is 9.36 Å². The minimum atomic E-state index is -6.09. The molecule has 0 radical (unpaired) electrons. The highest BCUT2D eigenvalue weighted by Gasteiger charge is 2.41. The van der Waals surface area contributed by atoms with E-state index in [1.807, 2.05) is 0 Å². The fourth-order valence-corrected chi connectivity index (χ4v) is 3.34. The first kappa shape index (κ1) is 25.7. The Bertz CT molecular complexity index is 1090. The van der Waals surface area contributed by atoms with Gasteiger partial charge in [0.15, 0.2) is 10.1 Å². The smallest absolute Gasteiger partial charge is 0.485 e. The van der Waals surface area contributed by atoms with Crippen LogP contribution >= 0.6 is 0 Å². The lowest BCUT2D eigenvalue weighted by Gasteiger charge is -2.10. The van der Waals surface area contributed by atoms with Crippen LogP contribution in [0.25, 0.3) is 0 Å². The minimum absolute atomic E-state index is 0.0979. The zero-order valence-corrected chi connectivity index (χ0v) is 18.5. The van der Waals surface area contributed by atoms with Gasteiger partial charge < -0.3 is 4.55 Å². The second-order valence-corrected chi connectivity index (χ2v) is 8.68. The molecule has 0 saturated heterocycles. The molecule has 2 aromatic rings. The highest BCUT2D eigenvalue weighted by molar-refractivity contribution is 7.86. The van der Waals surface area contributed by atoms with Crippen molar-refractivity contribution >= 4 is 21.7 Å². The van der Waals surface area contributed by atoms with Crippen LogP contribution < -0.4 is 4.68 Å². The fraction of sp³-hybridized carbons (Fsp3) is 0.500. The lowest BCUT2D eigenvalue weighted by atomic mass is 9.90. The Morgan fingerprint density at radius 2 is 1.50 bits per heavy atom. The summed E-state index contributed by atoms with van der Waals surface area (Å²) in [4.78, 5) is 25.5. The van der Waals surface area contributed by atoms with Crippen LogP contribution in [0.1, 0.15) is 77.6 Å². The van der Waals surface area contributed by atoms with E-state index in [9.17, 15) is 22.8 Å². The third kappa shape index (κ3) is 5.80. The van der Waals surface area contributed by atoms with Gasteiger partial charge in [-0.2, -0.15) is 13.2 Å². The molecule has 176 valence electrons. The molecule has 1 aliphatic carbocycles. The average molecular weight is 475 g/mol. The van der Waals surface area contributed by atoms with Crippen LogP contribution in [-0.4, -0.2) is 39.9 Å². The van der Waals surface area contributed by atoms with E-state index in [0.717, 1.165) is 12.8 Å². The van der Waals surface area contributed by atoms with E-state index >= 15 is 0 Å². The number of unbranched alkanes of at least 4 members (excludes halogenated alkanes) is 5. The average Bonchev–Trinajstić information content (AvgIpc) is 3.04. The maximum Gasteiger partial charge on any atom is 0.485 e. The standard InChI is InChI=1S/C19H24N3O2.CHF3O3S/c1-3-4-5-6-7-10-13-22-17-16(21(2)20-22)18(23)14-11-8-9-12-15(14)19(17)24;2-1(3,4)8(5,6)7/h8-9,11-12H,3-7,10,13H2,1-2H3;(H,5,6,7)/q+1;/p-1. The number of aromatic nitrogens is 3. The maximum atomic E-state index is 12.8. The lowest BCUT2D eigenvalue weighted by molar-refractivity contribution is -0.733. The number of halogens is 3. The Labute approximate surface area is 183 Å². The number of carbonyl (C=O) groups is 2.